The summed E-state index contributed by atoms with van der Waals surface area (Å²) in [5, 5.41) is -0.0133. The molecule has 1 heterocycles. The summed E-state index contributed by atoms with van der Waals surface area (Å²) in [5.41, 5.74) is 0.376. The number of halogens is 1. The lowest BCUT2D eigenvalue weighted by Gasteiger charge is -1.88. The summed E-state index contributed by atoms with van der Waals surface area (Å²) < 4.78 is 0. The van der Waals surface area contributed by atoms with Crippen molar-refractivity contribution in [1.29, 1.82) is 0 Å². The molecule has 0 bridgehead atoms. The predicted octanol–water partition coefficient (Wildman–Crippen LogP) is 0.732. The second-order valence-electron chi connectivity index (χ2n) is 1.69. The molecule has 0 radical (unpaired) electrons. The molecule has 1 aromatic heterocycles. The summed E-state index contributed by atoms with van der Waals surface area (Å²) in [6.07, 6.45) is 1.50. The van der Waals surface area contributed by atoms with Crippen LogP contribution in [0.4, 0.5) is 0 Å². The lowest BCUT2D eigenvalue weighted by atomic mass is 10.5. The van der Waals surface area contributed by atoms with Crippen molar-refractivity contribution in [2.45, 2.75) is 6.92 Å². The van der Waals surface area contributed by atoms with E-state index in [4.69, 9.17) is 11.6 Å². The molecular weight excluding hydrogens is 140 g/mol. The Morgan fingerprint density at radius 3 is 2.89 bits per heavy atom. The zero-order chi connectivity index (χ0) is 6.85. The lowest BCUT2D eigenvalue weighted by molar-refractivity contribution is 1.07. The number of aromatic amines is 1. The fourth-order valence-corrected chi connectivity index (χ4v) is 0.571. The molecule has 1 rings (SSSR count). The number of hydrogen-bond acceptors (Lipinski definition) is 2. The molecule has 1 N–H and O–H groups in total. The van der Waals surface area contributed by atoms with Gasteiger partial charge in [-0.1, -0.05) is 11.6 Å². The van der Waals surface area contributed by atoms with Gasteiger partial charge in [0.25, 0.3) is 5.56 Å². The third-order valence-corrected chi connectivity index (χ3v) is 1.14. The van der Waals surface area contributed by atoms with Gasteiger partial charge in [-0.15, -0.1) is 0 Å². The molecule has 0 aliphatic rings. The average molecular weight is 145 g/mol. The molecule has 0 saturated heterocycles. The van der Waals surface area contributed by atoms with Crippen molar-refractivity contribution in [2.24, 2.45) is 0 Å². The Kier molecular flexibility index (Phi) is 1.53. The Bertz CT molecular complexity index is 268. The first kappa shape index (κ1) is 6.29. The Hall–Kier alpha value is -0.830. The van der Waals surface area contributed by atoms with Crippen LogP contribution in [0.2, 0.25) is 5.15 Å². The molecule has 4 heteroatoms. The maximum atomic E-state index is 10.6. The van der Waals surface area contributed by atoms with Crippen LogP contribution in [0, 0.1) is 6.92 Å². The van der Waals surface area contributed by atoms with Gasteiger partial charge in [0.1, 0.15) is 0 Å². The maximum absolute atomic E-state index is 10.6. The first-order valence-corrected chi connectivity index (χ1v) is 2.79. The van der Waals surface area contributed by atoms with E-state index in [-0.39, 0.29) is 10.7 Å². The monoisotopic (exact) mass is 144 g/mol. The molecule has 0 amide bonds. The fraction of sp³-hybridized carbons (Fsp3) is 0.200. The van der Waals surface area contributed by atoms with Gasteiger partial charge in [0.15, 0.2) is 5.15 Å². The van der Waals surface area contributed by atoms with Gasteiger partial charge in [-0.25, -0.2) is 4.98 Å². The molecule has 9 heavy (non-hydrogen) atoms. The number of nitrogens with one attached hydrogen (secondary N) is 1. The standard InChI is InChI=1S/C5H5ClN2O/c1-3-2-7-4(6)5(9)8-3/h2H,1H3,(H,8,9). The first-order valence-electron chi connectivity index (χ1n) is 2.41. The third kappa shape index (κ3) is 1.29. The van der Waals surface area contributed by atoms with E-state index in [9.17, 15) is 4.79 Å². The van der Waals surface area contributed by atoms with Crippen LogP contribution in [0.15, 0.2) is 11.0 Å². The van der Waals surface area contributed by atoms with Gasteiger partial charge in [0, 0.05) is 11.9 Å². The highest BCUT2D eigenvalue weighted by molar-refractivity contribution is 6.29. The fourth-order valence-electron chi connectivity index (χ4n) is 0.475. The molecular formula is C5H5ClN2O. The Balaban J connectivity index is 3.34. The van der Waals surface area contributed by atoms with E-state index in [1.54, 1.807) is 6.92 Å². The van der Waals surface area contributed by atoms with E-state index in [0.29, 0.717) is 5.69 Å². The highest BCUT2D eigenvalue weighted by atomic mass is 35.5. The molecule has 0 aliphatic carbocycles. The van der Waals surface area contributed by atoms with Crippen LogP contribution in [0.3, 0.4) is 0 Å². The number of nitrogens with zero attached hydrogens (tertiary/aromatic N) is 1. The smallest absolute Gasteiger partial charge is 0.285 e. The van der Waals surface area contributed by atoms with Gasteiger partial charge in [-0.05, 0) is 6.92 Å². The Labute approximate surface area is 56.7 Å². The minimum Gasteiger partial charge on any atom is -0.322 e. The van der Waals surface area contributed by atoms with Crippen molar-refractivity contribution in [1.82, 2.24) is 9.97 Å². The second-order valence-corrected chi connectivity index (χ2v) is 2.04. The highest BCUT2D eigenvalue weighted by Crippen LogP contribution is 1.92. The predicted molar refractivity (Wildman–Crippen MR) is 34.6 cm³/mol. The Morgan fingerprint density at radius 2 is 2.44 bits per heavy atom. The van der Waals surface area contributed by atoms with Crippen LogP contribution in [-0.4, -0.2) is 9.97 Å². The van der Waals surface area contributed by atoms with E-state index in [1.165, 1.54) is 6.20 Å². The molecule has 0 fully saturated rings. The first-order chi connectivity index (χ1) is 4.20. The van der Waals surface area contributed by atoms with Gasteiger partial charge in [-0.2, -0.15) is 0 Å². The van der Waals surface area contributed by atoms with E-state index in [0.717, 1.165) is 0 Å². The molecule has 3 nitrogen and oxygen atoms in total. The van der Waals surface area contributed by atoms with Crippen LogP contribution >= 0.6 is 11.6 Å². The summed E-state index contributed by atoms with van der Waals surface area (Å²) in [5.74, 6) is 0. The molecule has 0 spiro atoms. The second kappa shape index (κ2) is 2.19. The quantitative estimate of drug-likeness (QED) is 0.584. The number of H-pyrrole nitrogens is 1. The highest BCUT2D eigenvalue weighted by Gasteiger charge is 1.93. The van der Waals surface area contributed by atoms with Crippen LogP contribution in [-0.2, 0) is 0 Å². The number of hydrogen-bond donors (Lipinski definition) is 1. The van der Waals surface area contributed by atoms with E-state index >= 15 is 0 Å². The van der Waals surface area contributed by atoms with Crippen LogP contribution < -0.4 is 5.56 Å². The molecule has 0 unspecified atom stereocenters. The van der Waals surface area contributed by atoms with Crippen LogP contribution in [0.25, 0.3) is 0 Å². The van der Waals surface area contributed by atoms with Crippen LogP contribution in [0.5, 0.6) is 0 Å². The van der Waals surface area contributed by atoms with E-state index < -0.39 is 0 Å². The number of rotatable bonds is 0. The zero-order valence-electron chi connectivity index (χ0n) is 4.81. The molecule has 0 aliphatic heterocycles. The van der Waals surface area contributed by atoms with Crippen molar-refractivity contribution in [3.05, 3.63) is 27.4 Å². The SMILES string of the molecule is Cc1cnc(Cl)c(=O)[nH]1. The molecule has 0 aromatic carbocycles. The average Bonchev–Trinajstić information content (AvgIpc) is 1.80. The summed E-state index contributed by atoms with van der Waals surface area (Å²) in [7, 11) is 0. The topological polar surface area (TPSA) is 45.8 Å². The van der Waals surface area contributed by atoms with Crippen LogP contribution in [0.1, 0.15) is 5.69 Å². The summed E-state index contributed by atoms with van der Waals surface area (Å²) in [4.78, 5) is 16.7. The van der Waals surface area contributed by atoms with Gasteiger partial charge >= 0.3 is 0 Å². The van der Waals surface area contributed by atoms with Crippen molar-refractivity contribution in [3.63, 3.8) is 0 Å². The van der Waals surface area contributed by atoms with Crippen molar-refractivity contribution >= 4 is 11.6 Å². The maximum Gasteiger partial charge on any atom is 0.285 e. The Morgan fingerprint density at radius 1 is 1.78 bits per heavy atom. The molecule has 0 atom stereocenters. The molecule has 48 valence electrons. The largest absolute Gasteiger partial charge is 0.322 e. The third-order valence-electron chi connectivity index (χ3n) is 0.870. The van der Waals surface area contributed by atoms with E-state index in [1.807, 2.05) is 0 Å². The van der Waals surface area contributed by atoms with Gasteiger partial charge in [-0.3, -0.25) is 4.79 Å². The van der Waals surface area contributed by atoms with E-state index in [2.05, 4.69) is 9.97 Å². The minimum atomic E-state index is -0.336. The summed E-state index contributed by atoms with van der Waals surface area (Å²) >= 11 is 5.33. The minimum absolute atomic E-state index is 0.0133. The molecule has 1 aromatic rings. The number of aryl methyl sites for hydroxylation is 1. The number of aromatic nitrogens is 2. The summed E-state index contributed by atoms with van der Waals surface area (Å²) in [6, 6.07) is 0. The van der Waals surface area contributed by atoms with Gasteiger partial charge < -0.3 is 4.98 Å². The summed E-state index contributed by atoms with van der Waals surface area (Å²) in [6.45, 7) is 1.74. The molecule has 0 saturated carbocycles. The zero-order valence-corrected chi connectivity index (χ0v) is 5.57. The normalized spacial score (nSPS) is 9.56. The lowest BCUT2D eigenvalue weighted by Crippen LogP contribution is -2.08. The van der Waals surface area contributed by atoms with Crippen molar-refractivity contribution < 1.29 is 0 Å². The van der Waals surface area contributed by atoms with Gasteiger partial charge in [0.05, 0.1) is 0 Å². The van der Waals surface area contributed by atoms with Crippen molar-refractivity contribution in [3.8, 4) is 0 Å². The van der Waals surface area contributed by atoms with Gasteiger partial charge in [0.2, 0.25) is 0 Å². The van der Waals surface area contributed by atoms with Crippen molar-refractivity contribution in [2.75, 3.05) is 0 Å².